The lowest BCUT2D eigenvalue weighted by atomic mass is 10.4. The Morgan fingerprint density at radius 2 is 2.11 bits per heavy atom. The molecule has 0 aliphatic heterocycles. The number of aromatic nitrogens is 3. The number of amides is 1. The third-order valence-corrected chi connectivity index (χ3v) is 2.51. The lowest BCUT2D eigenvalue weighted by molar-refractivity contribution is 0.159. The molecule has 2 rings (SSSR count). The van der Waals surface area contributed by atoms with E-state index in [2.05, 4.69) is 25.6 Å². The fraction of sp³-hybridized carbons (Fsp3) is 0.636. The van der Waals surface area contributed by atoms with Crippen molar-refractivity contribution in [1.82, 2.24) is 15.0 Å². The van der Waals surface area contributed by atoms with E-state index in [0.717, 1.165) is 25.7 Å². The van der Waals surface area contributed by atoms with Crippen LogP contribution in [0, 0.1) is 0 Å². The van der Waals surface area contributed by atoms with Crippen molar-refractivity contribution in [1.29, 1.82) is 0 Å². The second kappa shape index (κ2) is 6.17. The van der Waals surface area contributed by atoms with Crippen LogP contribution in [0.3, 0.4) is 0 Å². The normalized spacial score (nSPS) is 13.9. The summed E-state index contributed by atoms with van der Waals surface area (Å²) in [6.07, 6.45) is 3.38. The number of unbranched alkanes of at least 4 members (excludes halogenated alkanes) is 1. The molecule has 4 N–H and O–H groups in total. The molecule has 0 atom stereocenters. The minimum absolute atomic E-state index is 0.0574. The number of hydrogen-bond acceptors (Lipinski definition) is 7. The van der Waals surface area contributed by atoms with Crippen molar-refractivity contribution in [3.8, 4) is 0 Å². The molecule has 0 bridgehead atoms. The van der Waals surface area contributed by atoms with Crippen LogP contribution < -0.4 is 16.4 Å². The van der Waals surface area contributed by atoms with E-state index in [1.807, 2.05) is 6.92 Å². The maximum Gasteiger partial charge on any atom is 0.414 e. The van der Waals surface area contributed by atoms with Crippen LogP contribution in [0.2, 0.25) is 0 Å². The summed E-state index contributed by atoms with van der Waals surface area (Å²) in [6.45, 7) is 2.39. The number of hydrogen-bond donors (Lipinski definition) is 3. The van der Waals surface area contributed by atoms with Crippen LogP contribution >= 0.6 is 0 Å². The molecule has 1 saturated carbocycles. The standard InChI is InChI=1S/C11H18N6O2/c1-2-3-6-19-11(18)17-10-15-8(12)14-9(16-10)13-7-4-5-7/h7H,2-6H2,1H3,(H4,12,13,14,15,16,17,18). The highest BCUT2D eigenvalue weighted by Crippen LogP contribution is 2.23. The SMILES string of the molecule is CCCCOC(=O)Nc1nc(N)nc(NC2CC2)n1. The van der Waals surface area contributed by atoms with E-state index in [1.54, 1.807) is 0 Å². The Hall–Kier alpha value is -2.12. The van der Waals surface area contributed by atoms with E-state index in [0.29, 0.717) is 18.6 Å². The van der Waals surface area contributed by atoms with Crippen LogP contribution in [0.1, 0.15) is 32.6 Å². The van der Waals surface area contributed by atoms with Crippen LogP contribution in [0.15, 0.2) is 0 Å². The first kappa shape index (κ1) is 13.3. The molecule has 0 radical (unpaired) electrons. The third-order valence-electron chi connectivity index (χ3n) is 2.51. The second-order valence-corrected chi connectivity index (χ2v) is 4.37. The molecule has 1 aliphatic carbocycles. The van der Waals surface area contributed by atoms with Gasteiger partial charge in [-0.05, 0) is 19.3 Å². The second-order valence-electron chi connectivity index (χ2n) is 4.37. The highest BCUT2D eigenvalue weighted by atomic mass is 16.5. The fourth-order valence-corrected chi connectivity index (χ4v) is 1.36. The van der Waals surface area contributed by atoms with Crippen LogP contribution in [0.25, 0.3) is 0 Å². The van der Waals surface area contributed by atoms with E-state index in [-0.39, 0.29) is 11.9 Å². The number of carbonyl (C=O) groups excluding carboxylic acids is 1. The minimum atomic E-state index is -0.587. The summed E-state index contributed by atoms with van der Waals surface area (Å²) in [6, 6.07) is 0.395. The molecule has 1 aliphatic rings. The van der Waals surface area contributed by atoms with Gasteiger partial charge in [0.15, 0.2) is 0 Å². The minimum Gasteiger partial charge on any atom is -0.449 e. The first-order valence-electron chi connectivity index (χ1n) is 6.39. The van der Waals surface area contributed by atoms with Gasteiger partial charge in [0.2, 0.25) is 17.8 Å². The summed E-state index contributed by atoms with van der Waals surface area (Å²) in [5.41, 5.74) is 5.56. The smallest absolute Gasteiger partial charge is 0.414 e. The predicted octanol–water partition coefficient (Wildman–Crippen LogP) is 1.38. The highest BCUT2D eigenvalue weighted by molar-refractivity contribution is 5.82. The molecule has 1 amide bonds. The van der Waals surface area contributed by atoms with Crippen LogP contribution in [0.5, 0.6) is 0 Å². The Morgan fingerprint density at radius 3 is 2.79 bits per heavy atom. The van der Waals surface area contributed by atoms with Crippen LogP contribution in [-0.4, -0.2) is 33.7 Å². The molecule has 0 unspecified atom stereocenters. The Labute approximate surface area is 111 Å². The van der Waals surface area contributed by atoms with Crippen molar-refractivity contribution < 1.29 is 9.53 Å². The van der Waals surface area contributed by atoms with Crippen molar-refractivity contribution in [2.75, 3.05) is 23.0 Å². The van der Waals surface area contributed by atoms with Gasteiger partial charge >= 0.3 is 6.09 Å². The highest BCUT2D eigenvalue weighted by Gasteiger charge is 2.22. The Bertz CT molecular complexity index is 449. The van der Waals surface area contributed by atoms with Gasteiger partial charge in [-0.2, -0.15) is 15.0 Å². The molecular weight excluding hydrogens is 248 g/mol. The monoisotopic (exact) mass is 266 g/mol. The van der Waals surface area contributed by atoms with Crippen molar-refractivity contribution in [2.24, 2.45) is 0 Å². The molecule has 0 aromatic carbocycles. The van der Waals surface area contributed by atoms with Crippen LogP contribution in [-0.2, 0) is 4.74 Å². The van der Waals surface area contributed by atoms with E-state index in [4.69, 9.17) is 10.5 Å². The average Bonchev–Trinajstić information content (AvgIpc) is 3.12. The number of nitrogens with one attached hydrogen (secondary N) is 2. The molecule has 1 fully saturated rings. The number of nitrogen functional groups attached to an aromatic ring is 1. The number of nitrogens with zero attached hydrogens (tertiary/aromatic N) is 3. The summed E-state index contributed by atoms with van der Waals surface area (Å²) >= 11 is 0. The molecule has 0 saturated heterocycles. The van der Waals surface area contributed by atoms with Gasteiger partial charge in [-0.25, -0.2) is 4.79 Å². The van der Waals surface area contributed by atoms with Gasteiger partial charge < -0.3 is 15.8 Å². The Balaban J connectivity index is 1.90. The lowest BCUT2D eigenvalue weighted by Gasteiger charge is -2.07. The summed E-state index contributed by atoms with van der Waals surface area (Å²) in [5, 5.41) is 5.52. The predicted molar refractivity (Wildman–Crippen MR) is 70.8 cm³/mol. The Morgan fingerprint density at radius 1 is 1.37 bits per heavy atom. The number of ether oxygens (including phenoxy) is 1. The summed E-state index contributed by atoms with van der Waals surface area (Å²) < 4.78 is 4.95. The van der Waals surface area contributed by atoms with Crippen molar-refractivity contribution in [3.63, 3.8) is 0 Å². The largest absolute Gasteiger partial charge is 0.449 e. The number of nitrogens with two attached hydrogens (primary N) is 1. The molecule has 104 valence electrons. The maximum atomic E-state index is 11.4. The van der Waals surface area contributed by atoms with Gasteiger partial charge in [0.05, 0.1) is 6.61 Å². The van der Waals surface area contributed by atoms with Gasteiger partial charge in [0.1, 0.15) is 0 Å². The van der Waals surface area contributed by atoms with Gasteiger partial charge in [-0.3, -0.25) is 5.32 Å². The number of rotatable bonds is 6. The maximum absolute atomic E-state index is 11.4. The van der Waals surface area contributed by atoms with E-state index in [9.17, 15) is 4.79 Å². The molecule has 1 aromatic heterocycles. The molecule has 8 heteroatoms. The van der Waals surface area contributed by atoms with E-state index < -0.39 is 6.09 Å². The molecule has 1 heterocycles. The number of anilines is 3. The molecule has 0 spiro atoms. The lowest BCUT2D eigenvalue weighted by Crippen LogP contribution is -2.18. The first-order valence-corrected chi connectivity index (χ1v) is 6.39. The van der Waals surface area contributed by atoms with Crippen molar-refractivity contribution in [3.05, 3.63) is 0 Å². The zero-order valence-corrected chi connectivity index (χ0v) is 10.8. The zero-order valence-electron chi connectivity index (χ0n) is 10.8. The molecule has 19 heavy (non-hydrogen) atoms. The molecule has 1 aromatic rings. The average molecular weight is 266 g/mol. The summed E-state index contributed by atoms with van der Waals surface area (Å²) in [7, 11) is 0. The first-order chi connectivity index (χ1) is 9.17. The zero-order chi connectivity index (χ0) is 13.7. The van der Waals surface area contributed by atoms with Gasteiger partial charge in [-0.1, -0.05) is 13.3 Å². The third kappa shape index (κ3) is 4.57. The topological polar surface area (TPSA) is 115 Å². The number of carbonyl (C=O) groups is 1. The summed E-state index contributed by atoms with van der Waals surface area (Å²) in [4.78, 5) is 23.3. The molecule has 8 nitrogen and oxygen atoms in total. The van der Waals surface area contributed by atoms with Gasteiger partial charge in [0, 0.05) is 6.04 Å². The summed E-state index contributed by atoms with van der Waals surface area (Å²) in [5.74, 6) is 0.526. The van der Waals surface area contributed by atoms with Crippen LogP contribution in [0.4, 0.5) is 22.6 Å². The van der Waals surface area contributed by atoms with Gasteiger partial charge in [-0.15, -0.1) is 0 Å². The van der Waals surface area contributed by atoms with E-state index in [1.165, 1.54) is 0 Å². The van der Waals surface area contributed by atoms with Gasteiger partial charge in [0.25, 0.3) is 0 Å². The van der Waals surface area contributed by atoms with E-state index >= 15 is 0 Å². The fourth-order valence-electron chi connectivity index (χ4n) is 1.36. The van der Waals surface area contributed by atoms with Crippen molar-refractivity contribution in [2.45, 2.75) is 38.6 Å². The Kier molecular flexibility index (Phi) is 4.32. The van der Waals surface area contributed by atoms with Crippen molar-refractivity contribution >= 4 is 23.9 Å². The quantitative estimate of drug-likeness (QED) is 0.666. The molecular formula is C11H18N6O2.